The van der Waals surface area contributed by atoms with Gasteiger partial charge in [-0.1, -0.05) is 249 Å². The lowest BCUT2D eigenvalue weighted by atomic mass is 9.68. The second-order valence-corrected chi connectivity index (χ2v) is 18.3. The number of nitrogens with zero attached hydrogens (tertiary/aromatic N) is 1. The summed E-state index contributed by atoms with van der Waals surface area (Å²) in [6, 6.07) is 105. The molecule has 0 unspecified atom stereocenters. The van der Waals surface area contributed by atoms with Crippen LogP contribution in [0.5, 0.6) is 0 Å². The van der Waals surface area contributed by atoms with Gasteiger partial charge in [0, 0.05) is 16.9 Å². The van der Waals surface area contributed by atoms with Gasteiger partial charge in [0.25, 0.3) is 0 Å². The first-order chi connectivity index (χ1) is 34.8. The second-order valence-electron chi connectivity index (χ2n) is 18.3. The summed E-state index contributed by atoms with van der Waals surface area (Å²) in [6.45, 7) is 0. The Balaban J connectivity index is 1.06. The predicted octanol–water partition coefficient (Wildman–Crippen LogP) is 18.5. The molecule has 0 radical (unpaired) electrons. The van der Waals surface area contributed by atoms with Gasteiger partial charge in [-0.25, -0.2) is 0 Å². The maximum absolute atomic E-state index is 2.50. The van der Waals surface area contributed by atoms with Gasteiger partial charge in [-0.15, -0.1) is 0 Å². The number of fused-ring (bicyclic) bond motifs is 6. The largest absolute Gasteiger partial charge is 0.310 e. The summed E-state index contributed by atoms with van der Waals surface area (Å²) in [4.78, 5) is 2.50. The fraction of sp³-hybridized carbons (Fsp3) is 0.0145. The summed E-state index contributed by atoms with van der Waals surface area (Å²) in [5, 5.41) is 4.98. The molecule has 1 nitrogen and oxygen atoms in total. The van der Waals surface area contributed by atoms with Crippen molar-refractivity contribution in [2.45, 2.75) is 5.41 Å². The third kappa shape index (κ3) is 6.70. The van der Waals surface area contributed by atoms with Gasteiger partial charge in [0.05, 0.1) is 11.1 Å². The molecule has 0 bridgehead atoms. The topological polar surface area (TPSA) is 3.24 Å². The molecule has 0 saturated carbocycles. The molecule has 12 aromatic carbocycles. The quantitative estimate of drug-likeness (QED) is 0.131. The van der Waals surface area contributed by atoms with E-state index in [9.17, 15) is 0 Å². The van der Waals surface area contributed by atoms with E-state index >= 15 is 0 Å². The summed E-state index contributed by atoms with van der Waals surface area (Å²) in [5.41, 5.74) is 19.9. The van der Waals surface area contributed by atoms with Crippen molar-refractivity contribution in [3.05, 3.63) is 307 Å². The van der Waals surface area contributed by atoms with E-state index in [1.807, 2.05) is 0 Å². The molecule has 0 N–H and O–H groups in total. The Bertz CT molecular complexity index is 3820. The molecule has 12 aromatic rings. The summed E-state index contributed by atoms with van der Waals surface area (Å²) >= 11 is 0. The van der Waals surface area contributed by atoms with Gasteiger partial charge in [0.15, 0.2) is 0 Å². The van der Waals surface area contributed by atoms with E-state index in [2.05, 4.69) is 290 Å². The van der Waals surface area contributed by atoms with E-state index in [4.69, 9.17) is 0 Å². The highest BCUT2D eigenvalue weighted by atomic mass is 15.1. The van der Waals surface area contributed by atoms with Gasteiger partial charge < -0.3 is 4.90 Å². The average Bonchev–Trinajstić information content (AvgIpc) is 3.76. The lowest BCUT2D eigenvalue weighted by Crippen LogP contribution is -2.28. The minimum atomic E-state index is -0.534. The van der Waals surface area contributed by atoms with Crippen molar-refractivity contribution >= 4 is 38.6 Å². The molecular formula is C69H47N. The fourth-order valence-corrected chi connectivity index (χ4v) is 11.5. The minimum Gasteiger partial charge on any atom is -0.310 e. The van der Waals surface area contributed by atoms with Crippen LogP contribution in [0, 0.1) is 0 Å². The first-order valence-electron chi connectivity index (χ1n) is 24.3. The molecule has 0 saturated heterocycles. The van der Waals surface area contributed by atoms with Crippen LogP contribution in [0.3, 0.4) is 0 Å². The van der Waals surface area contributed by atoms with Gasteiger partial charge in [-0.2, -0.15) is 0 Å². The molecule has 0 aromatic heterocycles. The number of benzene rings is 12. The Morgan fingerprint density at radius 3 is 1.29 bits per heavy atom. The average molecular weight is 890 g/mol. The van der Waals surface area contributed by atoms with Crippen LogP contribution in [0.25, 0.3) is 77.2 Å². The monoisotopic (exact) mass is 889 g/mol. The lowest BCUT2D eigenvalue weighted by molar-refractivity contribution is 0.768. The Kier molecular flexibility index (Phi) is 10.1. The zero-order valence-corrected chi connectivity index (χ0v) is 38.6. The van der Waals surface area contributed by atoms with Gasteiger partial charge in [-0.3, -0.25) is 0 Å². The smallest absolute Gasteiger partial charge is 0.0714 e. The standard InChI is InChI=1S/C69H47N/c1-6-23-48(24-7-1)51-29-20-35-56(45-51)70(65-42-22-41-64-68(65)61-39-18-19-40-63(61)69(64,54-31-12-4-13-32-54)55-33-14-5-15-34-55)57-36-21-30-52(46-57)53-43-44-59-58-37-16-17-38-60(58)66(49-25-8-2-9-26-49)67(62(59)47-53)50-27-10-3-11-28-50/h1-47H. The summed E-state index contributed by atoms with van der Waals surface area (Å²) in [5.74, 6) is 0. The van der Waals surface area contributed by atoms with Gasteiger partial charge in [-0.05, 0) is 130 Å². The van der Waals surface area contributed by atoms with Crippen LogP contribution in [0.2, 0.25) is 0 Å². The highest BCUT2D eigenvalue weighted by molar-refractivity contribution is 6.22. The molecule has 1 heteroatoms. The summed E-state index contributed by atoms with van der Waals surface area (Å²) < 4.78 is 0. The zero-order valence-electron chi connectivity index (χ0n) is 38.6. The van der Waals surface area contributed by atoms with Gasteiger partial charge >= 0.3 is 0 Å². The Morgan fingerprint density at radius 1 is 0.243 bits per heavy atom. The van der Waals surface area contributed by atoms with E-state index in [0.717, 1.165) is 28.2 Å². The Morgan fingerprint density at radius 2 is 0.671 bits per heavy atom. The van der Waals surface area contributed by atoms with Crippen LogP contribution in [0.4, 0.5) is 17.1 Å². The van der Waals surface area contributed by atoms with E-state index in [1.165, 1.54) is 88.3 Å². The number of anilines is 3. The first kappa shape index (κ1) is 41.2. The van der Waals surface area contributed by atoms with Crippen molar-refractivity contribution in [2.24, 2.45) is 0 Å². The molecule has 1 aliphatic carbocycles. The van der Waals surface area contributed by atoms with E-state index in [1.54, 1.807) is 0 Å². The summed E-state index contributed by atoms with van der Waals surface area (Å²) in [7, 11) is 0. The molecule has 70 heavy (non-hydrogen) atoms. The van der Waals surface area contributed by atoms with Crippen LogP contribution in [-0.2, 0) is 5.41 Å². The molecule has 1 aliphatic rings. The molecule has 0 aliphatic heterocycles. The molecule has 0 atom stereocenters. The number of hydrogen-bond acceptors (Lipinski definition) is 1. The van der Waals surface area contributed by atoms with Crippen molar-refractivity contribution in [2.75, 3.05) is 4.90 Å². The Labute approximate surface area is 409 Å². The molecule has 13 rings (SSSR count). The molecule has 328 valence electrons. The van der Waals surface area contributed by atoms with Crippen LogP contribution in [0.1, 0.15) is 22.3 Å². The number of hydrogen-bond donors (Lipinski definition) is 0. The van der Waals surface area contributed by atoms with Crippen LogP contribution >= 0.6 is 0 Å². The van der Waals surface area contributed by atoms with Crippen LogP contribution in [-0.4, -0.2) is 0 Å². The fourth-order valence-electron chi connectivity index (χ4n) is 11.5. The van der Waals surface area contributed by atoms with Crippen LogP contribution in [0.15, 0.2) is 285 Å². The van der Waals surface area contributed by atoms with E-state index in [0.29, 0.717) is 0 Å². The first-order valence-corrected chi connectivity index (χ1v) is 24.3. The second kappa shape index (κ2) is 17.2. The third-order valence-electron chi connectivity index (χ3n) is 14.5. The van der Waals surface area contributed by atoms with Crippen molar-refractivity contribution in [3.63, 3.8) is 0 Å². The van der Waals surface area contributed by atoms with Crippen molar-refractivity contribution < 1.29 is 0 Å². The maximum atomic E-state index is 2.50. The molecule has 0 heterocycles. The predicted molar refractivity (Wildman–Crippen MR) is 295 cm³/mol. The van der Waals surface area contributed by atoms with Crippen molar-refractivity contribution in [1.82, 2.24) is 0 Å². The molecule has 0 spiro atoms. The highest BCUT2D eigenvalue weighted by Gasteiger charge is 2.47. The van der Waals surface area contributed by atoms with Gasteiger partial charge in [0.1, 0.15) is 0 Å². The number of rotatable bonds is 9. The molecule has 0 amide bonds. The van der Waals surface area contributed by atoms with Crippen LogP contribution < -0.4 is 4.90 Å². The minimum absolute atomic E-state index is 0.534. The zero-order chi connectivity index (χ0) is 46.4. The van der Waals surface area contributed by atoms with E-state index in [-0.39, 0.29) is 0 Å². The molecule has 0 fully saturated rings. The third-order valence-corrected chi connectivity index (χ3v) is 14.5. The lowest BCUT2D eigenvalue weighted by Gasteiger charge is -2.34. The SMILES string of the molecule is c1ccc(-c2cccc(N(c3cccc(-c4ccc5c(c4)c(-c4ccccc4)c(-c4ccccc4)c4ccccc45)c3)c3cccc4c3-c3ccccc3C4(c3ccccc3)c3ccccc3)c2)cc1. The van der Waals surface area contributed by atoms with Crippen molar-refractivity contribution in [1.29, 1.82) is 0 Å². The van der Waals surface area contributed by atoms with Crippen molar-refractivity contribution in [3.8, 4) is 55.6 Å². The summed E-state index contributed by atoms with van der Waals surface area (Å²) in [6.07, 6.45) is 0. The van der Waals surface area contributed by atoms with Gasteiger partial charge in [0.2, 0.25) is 0 Å². The van der Waals surface area contributed by atoms with E-state index < -0.39 is 5.41 Å². The normalized spacial score (nSPS) is 12.4. The highest BCUT2D eigenvalue weighted by Crippen LogP contribution is 2.59. The maximum Gasteiger partial charge on any atom is 0.0714 e. The molecular weight excluding hydrogens is 843 g/mol. The Hall–Kier alpha value is -9.04.